The van der Waals surface area contributed by atoms with Crippen molar-refractivity contribution in [1.82, 2.24) is 0 Å². The molecule has 106 valence electrons. The molecule has 0 spiro atoms. The van der Waals surface area contributed by atoms with Crippen LogP contribution in [0.15, 0.2) is 42.5 Å². The number of benzene rings is 2. The summed E-state index contributed by atoms with van der Waals surface area (Å²) in [5, 5.41) is 0.851. The van der Waals surface area contributed by atoms with Crippen LogP contribution in [-0.4, -0.2) is 0 Å². The molecule has 0 saturated carbocycles. The fraction of sp³-hybridized carbons (Fsp3) is 0.333. The normalized spacial score (nSPS) is 12.4. The predicted molar refractivity (Wildman–Crippen MR) is 92.0 cm³/mol. The molecule has 0 aliphatic carbocycles. The van der Waals surface area contributed by atoms with Gasteiger partial charge in [0.05, 0.1) is 4.83 Å². The van der Waals surface area contributed by atoms with Gasteiger partial charge in [0.15, 0.2) is 0 Å². The molecule has 0 aliphatic heterocycles. The van der Waals surface area contributed by atoms with E-state index >= 15 is 0 Å². The standard InChI is InChI=1S/C18H20BrCl/c1-3-4-7-14-9-11-15(12-10-14)17(19)16-8-5-6-13(2)18(16)20/h5-6,8-12,17H,3-4,7H2,1-2H3. The smallest absolute Gasteiger partial charge is 0.0659 e. The average Bonchev–Trinajstić information content (AvgIpc) is 2.48. The molecule has 2 heteroatoms. The van der Waals surface area contributed by atoms with E-state index in [9.17, 15) is 0 Å². The molecule has 0 fully saturated rings. The quantitative estimate of drug-likeness (QED) is 0.541. The van der Waals surface area contributed by atoms with Gasteiger partial charge in [0.2, 0.25) is 0 Å². The molecule has 0 heterocycles. The maximum atomic E-state index is 6.41. The van der Waals surface area contributed by atoms with Gasteiger partial charge in [-0.05, 0) is 42.0 Å². The van der Waals surface area contributed by atoms with Crippen LogP contribution < -0.4 is 0 Å². The summed E-state index contributed by atoms with van der Waals surface area (Å²) in [7, 11) is 0. The molecule has 0 radical (unpaired) electrons. The van der Waals surface area contributed by atoms with Crippen molar-refractivity contribution in [3.63, 3.8) is 0 Å². The van der Waals surface area contributed by atoms with Gasteiger partial charge in [-0.15, -0.1) is 0 Å². The minimum atomic E-state index is 0.148. The average molecular weight is 352 g/mol. The largest absolute Gasteiger partial charge is 0.0837 e. The van der Waals surface area contributed by atoms with Crippen molar-refractivity contribution in [3.05, 3.63) is 69.7 Å². The Balaban J connectivity index is 2.20. The van der Waals surface area contributed by atoms with Crippen LogP contribution in [0.2, 0.25) is 5.02 Å². The number of hydrogen-bond donors (Lipinski definition) is 0. The highest BCUT2D eigenvalue weighted by molar-refractivity contribution is 9.09. The molecule has 20 heavy (non-hydrogen) atoms. The zero-order chi connectivity index (χ0) is 14.5. The Morgan fingerprint density at radius 3 is 2.45 bits per heavy atom. The molecule has 2 rings (SSSR count). The zero-order valence-corrected chi connectivity index (χ0v) is 14.3. The lowest BCUT2D eigenvalue weighted by atomic mass is 10.0. The van der Waals surface area contributed by atoms with Crippen molar-refractivity contribution >= 4 is 27.5 Å². The number of alkyl halides is 1. The molecule has 0 saturated heterocycles. The van der Waals surface area contributed by atoms with Crippen LogP contribution in [0.1, 0.15) is 46.8 Å². The van der Waals surface area contributed by atoms with Gasteiger partial charge in [-0.25, -0.2) is 0 Å². The zero-order valence-electron chi connectivity index (χ0n) is 12.0. The maximum Gasteiger partial charge on any atom is 0.0659 e. The molecular weight excluding hydrogens is 332 g/mol. The first kappa shape index (κ1) is 15.6. The van der Waals surface area contributed by atoms with Crippen LogP contribution in [0.5, 0.6) is 0 Å². The van der Waals surface area contributed by atoms with Crippen LogP contribution in [-0.2, 0) is 6.42 Å². The molecule has 1 atom stereocenters. The SMILES string of the molecule is CCCCc1ccc(C(Br)c2cccc(C)c2Cl)cc1. The van der Waals surface area contributed by atoms with E-state index in [1.54, 1.807) is 0 Å². The van der Waals surface area contributed by atoms with Crippen LogP contribution in [0.25, 0.3) is 0 Å². The van der Waals surface area contributed by atoms with Gasteiger partial charge < -0.3 is 0 Å². The van der Waals surface area contributed by atoms with Crippen molar-refractivity contribution < 1.29 is 0 Å². The lowest BCUT2D eigenvalue weighted by Gasteiger charge is -2.14. The van der Waals surface area contributed by atoms with Crippen molar-refractivity contribution in [2.45, 2.75) is 37.9 Å². The van der Waals surface area contributed by atoms with E-state index in [4.69, 9.17) is 11.6 Å². The van der Waals surface area contributed by atoms with Crippen LogP contribution >= 0.6 is 27.5 Å². The summed E-state index contributed by atoms with van der Waals surface area (Å²) in [5.41, 5.74) is 4.91. The second-order valence-electron chi connectivity index (χ2n) is 5.19. The number of hydrogen-bond acceptors (Lipinski definition) is 0. The summed E-state index contributed by atoms with van der Waals surface area (Å²) < 4.78 is 0. The van der Waals surface area contributed by atoms with E-state index in [0.717, 1.165) is 22.6 Å². The highest BCUT2D eigenvalue weighted by atomic mass is 79.9. The van der Waals surface area contributed by atoms with E-state index in [1.807, 2.05) is 13.0 Å². The number of aryl methyl sites for hydroxylation is 2. The highest BCUT2D eigenvalue weighted by Crippen LogP contribution is 2.36. The third-order valence-corrected chi connectivity index (χ3v) is 5.12. The van der Waals surface area contributed by atoms with E-state index < -0.39 is 0 Å². The van der Waals surface area contributed by atoms with Crippen LogP contribution in [0, 0.1) is 6.92 Å². The Kier molecular flexibility index (Phi) is 5.68. The topological polar surface area (TPSA) is 0 Å². The van der Waals surface area contributed by atoms with Crippen molar-refractivity contribution in [2.75, 3.05) is 0 Å². The molecule has 0 N–H and O–H groups in total. The van der Waals surface area contributed by atoms with Crippen LogP contribution in [0.4, 0.5) is 0 Å². The minimum Gasteiger partial charge on any atom is -0.0837 e. The highest BCUT2D eigenvalue weighted by Gasteiger charge is 2.14. The van der Waals surface area contributed by atoms with Gasteiger partial charge in [0.25, 0.3) is 0 Å². The Hall–Kier alpha value is -0.790. The lowest BCUT2D eigenvalue weighted by Crippen LogP contribution is -1.96. The summed E-state index contributed by atoms with van der Waals surface area (Å²) >= 11 is 10.2. The lowest BCUT2D eigenvalue weighted by molar-refractivity contribution is 0.795. The molecule has 0 aromatic heterocycles. The monoisotopic (exact) mass is 350 g/mol. The Labute approximate surface area is 135 Å². The molecule has 1 unspecified atom stereocenters. The molecule has 2 aromatic rings. The number of unbranched alkanes of at least 4 members (excludes halogenated alkanes) is 1. The first-order chi connectivity index (χ1) is 9.63. The first-order valence-electron chi connectivity index (χ1n) is 7.11. The predicted octanol–water partition coefficient (Wildman–Crippen LogP) is 6.48. The summed E-state index contributed by atoms with van der Waals surface area (Å²) in [5.74, 6) is 0. The van der Waals surface area contributed by atoms with Crippen molar-refractivity contribution in [2.24, 2.45) is 0 Å². The Morgan fingerprint density at radius 2 is 1.80 bits per heavy atom. The van der Waals surface area contributed by atoms with Gasteiger partial charge >= 0.3 is 0 Å². The van der Waals surface area contributed by atoms with Crippen molar-refractivity contribution in [1.29, 1.82) is 0 Å². The van der Waals surface area contributed by atoms with Crippen molar-refractivity contribution in [3.8, 4) is 0 Å². The number of rotatable bonds is 5. The minimum absolute atomic E-state index is 0.148. The van der Waals surface area contributed by atoms with Gasteiger partial charge in [-0.3, -0.25) is 0 Å². The second kappa shape index (κ2) is 7.28. The molecule has 2 aromatic carbocycles. The van der Waals surface area contributed by atoms with Gasteiger partial charge in [-0.1, -0.05) is 83.3 Å². The van der Waals surface area contributed by atoms with Crippen LogP contribution in [0.3, 0.4) is 0 Å². The Morgan fingerprint density at radius 1 is 1.10 bits per heavy atom. The maximum absolute atomic E-state index is 6.41. The summed E-state index contributed by atoms with van der Waals surface area (Å²) in [6.07, 6.45) is 3.65. The van der Waals surface area contributed by atoms with E-state index in [1.165, 1.54) is 24.0 Å². The second-order valence-corrected chi connectivity index (χ2v) is 6.48. The van der Waals surface area contributed by atoms with E-state index in [0.29, 0.717) is 0 Å². The molecule has 0 amide bonds. The molecular formula is C18H20BrCl. The van der Waals surface area contributed by atoms with E-state index in [2.05, 4.69) is 59.3 Å². The number of halogens is 2. The van der Waals surface area contributed by atoms with Gasteiger partial charge in [0.1, 0.15) is 0 Å². The summed E-state index contributed by atoms with van der Waals surface area (Å²) in [6.45, 7) is 4.27. The molecule has 0 nitrogen and oxygen atoms in total. The molecule has 0 bridgehead atoms. The van der Waals surface area contributed by atoms with Gasteiger partial charge in [-0.2, -0.15) is 0 Å². The molecule has 0 aliphatic rings. The Bertz CT molecular complexity index is 560. The van der Waals surface area contributed by atoms with E-state index in [-0.39, 0.29) is 4.83 Å². The summed E-state index contributed by atoms with van der Waals surface area (Å²) in [4.78, 5) is 0.148. The summed E-state index contributed by atoms with van der Waals surface area (Å²) in [6, 6.07) is 15.0. The fourth-order valence-electron chi connectivity index (χ4n) is 2.28. The first-order valence-corrected chi connectivity index (χ1v) is 8.40. The third-order valence-electron chi connectivity index (χ3n) is 3.59. The van der Waals surface area contributed by atoms with Gasteiger partial charge in [0, 0.05) is 5.02 Å². The fourth-order valence-corrected chi connectivity index (χ4v) is 3.33. The third kappa shape index (κ3) is 3.65.